The topological polar surface area (TPSA) is 280 Å². The van der Waals surface area contributed by atoms with Gasteiger partial charge in [0.25, 0.3) is 0 Å². The molecule has 0 aromatic heterocycles. The van der Waals surface area contributed by atoms with Gasteiger partial charge in [-0.05, 0) is 39.0 Å². The zero-order chi connectivity index (χ0) is 43.1. The maximum Gasteiger partial charge on any atom is 0.328 e. The largest absolute Gasteiger partial charge is 0.469 e. The Hall–Kier alpha value is -4.81. The molecular weight excluding hydrogens is 734 g/mol. The molecule has 0 unspecified atom stereocenters. The van der Waals surface area contributed by atoms with E-state index in [4.69, 9.17) is 10.5 Å². The van der Waals surface area contributed by atoms with E-state index in [2.05, 4.69) is 41.4 Å². The first-order valence-electron chi connectivity index (χ1n) is 18.8. The quantitative estimate of drug-likeness (QED) is 0.0435. The fourth-order valence-corrected chi connectivity index (χ4v) is 5.42. The van der Waals surface area contributed by atoms with Crippen LogP contribution in [-0.2, 0) is 57.4 Å². The summed E-state index contributed by atoms with van der Waals surface area (Å²) < 4.78 is 13.9. The third-order valence-corrected chi connectivity index (χ3v) is 8.56. The standard InChI is InChI=1S/C37H65N7O12/c1-20(2)26(17-33(49)40-23(6)14-30(46)39-24(7)15-31(47)44-28(37(53)56-10)19-36(52)55-9)43-32(48)16-25(11-12-35(51)54-8)41-34(50)18-27(21(3)4)42-29(45)13-22(5)38/h20-28H,11-19,38H2,1-10H3,(H,39,46)(H,40,49)(H,41,50)(H,42,45)(H,43,48)(H,44,47)/t22-,23-,24-,25-,26+,27+,28+/m0/s1. The number of hydrogen-bond acceptors (Lipinski definition) is 13. The van der Waals surface area contributed by atoms with Crippen molar-refractivity contribution in [2.45, 2.75) is 149 Å². The number of ether oxygens (including phenoxy) is 3. The van der Waals surface area contributed by atoms with Crippen LogP contribution in [0.4, 0.5) is 0 Å². The molecule has 0 heterocycles. The van der Waals surface area contributed by atoms with Crippen LogP contribution in [0.1, 0.15) is 106 Å². The molecule has 19 heteroatoms. The fraction of sp³-hybridized carbons (Fsp3) is 0.757. The lowest BCUT2D eigenvalue weighted by atomic mass is 9.98. The van der Waals surface area contributed by atoms with Crippen molar-refractivity contribution in [1.82, 2.24) is 31.9 Å². The van der Waals surface area contributed by atoms with Gasteiger partial charge in [-0.2, -0.15) is 0 Å². The number of carbonyl (C=O) groups excluding carboxylic acids is 9. The van der Waals surface area contributed by atoms with E-state index in [1.165, 1.54) is 7.11 Å². The summed E-state index contributed by atoms with van der Waals surface area (Å²) in [4.78, 5) is 112. The molecule has 0 aliphatic rings. The second-order valence-corrected chi connectivity index (χ2v) is 14.8. The number of carbonyl (C=O) groups is 9. The van der Waals surface area contributed by atoms with E-state index in [0.717, 1.165) is 14.2 Å². The summed E-state index contributed by atoms with van der Waals surface area (Å²) in [6.45, 7) is 12.2. The van der Waals surface area contributed by atoms with Crippen LogP contribution >= 0.6 is 0 Å². The summed E-state index contributed by atoms with van der Waals surface area (Å²) in [6, 6.07) is -4.74. The minimum atomic E-state index is -1.26. The Morgan fingerprint density at radius 3 is 1.30 bits per heavy atom. The smallest absolute Gasteiger partial charge is 0.328 e. The van der Waals surface area contributed by atoms with E-state index in [0.29, 0.717) is 0 Å². The van der Waals surface area contributed by atoms with Crippen molar-refractivity contribution in [3.63, 3.8) is 0 Å². The highest BCUT2D eigenvalue weighted by Crippen LogP contribution is 2.12. The van der Waals surface area contributed by atoms with E-state index >= 15 is 0 Å². The molecule has 0 aromatic rings. The third kappa shape index (κ3) is 23.2. The van der Waals surface area contributed by atoms with Crippen molar-refractivity contribution in [3.05, 3.63) is 0 Å². The first-order valence-corrected chi connectivity index (χ1v) is 18.8. The maximum absolute atomic E-state index is 13.2. The number of nitrogens with one attached hydrogen (secondary N) is 6. The molecule has 0 rings (SSSR count). The van der Waals surface area contributed by atoms with Crippen LogP contribution < -0.4 is 37.6 Å². The van der Waals surface area contributed by atoms with Gasteiger partial charge in [-0.25, -0.2) is 4.79 Å². The van der Waals surface area contributed by atoms with Gasteiger partial charge in [-0.3, -0.25) is 38.4 Å². The average Bonchev–Trinajstić information content (AvgIpc) is 3.07. The van der Waals surface area contributed by atoms with Crippen LogP contribution in [0.25, 0.3) is 0 Å². The Labute approximate surface area is 329 Å². The van der Waals surface area contributed by atoms with Crippen molar-refractivity contribution in [1.29, 1.82) is 0 Å². The Bertz CT molecular complexity index is 1340. The molecule has 0 aromatic carbocycles. The van der Waals surface area contributed by atoms with Crippen LogP contribution in [0.2, 0.25) is 0 Å². The summed E-state index contributed by atoms with van der Waals surface area (Å²) in [5.41, 5.74) is 5.72. The lowest BCUT2D eigenvalue weighted by Gasteiger charge is -2.26. The number of rotatable bonds is 26. The minimum Gasteiger partial charge on any atom is -0.469 e. The van der Waals surface area contributed by atoms with Gasteiger partial charge in [0.2, 0.25) is 35.4 Å². The van der Waals surface area contributed by atoms with Crippen LogP contribution in [0.3, 0.4) is 0 Å². The van der Waals surface area contributed by atoms with Gasteiger partial charge in [-0.15, -0.1) is 0 Å². The van der Waals surface area contributed by atoms with Crippen molar-refractivity contribution in [2.75, 3.05) is 21.3 Å². The van der Waals surface area contributed by atoms with Gasteiger partial charge in [0.1, 0.15) is 6.04 Å². The van der Waals surface area contributed by atoms with Gasteiger partial charge in [0, 0.05) is 81.2 Å². The predicted molar refractivity (Wildman–Crippen MR) is 204 cm³/mol. The molecule has 19 nitrogen and oxygen atoms in total. The minimum absolute atomic E-state index is 0.0616. The van der Waals surface area contributed by atoms with Gasteiger partial charge < -0.3 is 51.8 Å². The SMILES string of the molecule is COC(=O)CC[C@@H](CC(=O)N[C@H](CC(=O)N[C@@H](C)CC(=O)N[C@@H](C)CC(=O)N[C@H](CC(=O)OC)C(=O)OC)C(C)C)NC(=O)C[C@@H](NC(=O)C[C@H](C)N)C(C)C. The Kier molecular flexibility index (Phi) is 24.6. The van der Waals surface area contributed by atoms with Gasteiger partial charge in [-0.1, -0.05) is 27.7 Å². The average molecular weight is 800 g/mol. The molecule has 7 atom stereocenters. The van der Waals surface area contributed by atoms with Crippen molar-refractivity contribution < 1.29 is 57.4 Å². The molecule has 0 fully saturated rings. The fourth-order valence-electron chi connectivity index (χ4n) is 5.42. The summed E-state index contributed by atoms with van der Waals surface area (Å²) in [5.74, 6) is -5.03. The molecule has 320 valence electrons. The van der Waals surface area contributed by atoms with Crippen LogP contribution in [-0.4, -0.2) is 117 Å². The Morgan fingerprint density at radius 2 is 0.875 bits per heavy atom. The number of methoxy groups -OCH3 is 3. The molecule has 0 aliphatic heterocycles. The highest BCUT2D eigenvalue weighted by molar-refractivity contribution is 5.88. The molecule has 0 aliphatic carbocycles. The summed E-state index contributed by atoms with van der Waals surface area (Å²) in [6.07, 6.45) is -0.999. The predicted octanol–water partition coefficient (Wildman–Crippen LogP) is -0.376. The second-order valence-electron chi connectivity index (χ2n) is 14.8. The summed E-state index contributed by atoms with van der Waals surface area (Å²) >= 11 is 0. The molecular formula is C37H65N7O12. The summed E-state index contributed by atoms with van der Waals surface area (Å²) in [5, 5.41) is 16.3. The molecule has 0 saturated carbocycles. The molecule has 0 spiro atoms. The maximum atomic E-state index is 13.2. The molecule has 0 radical (unpaired) electrons. The Balaban J connectivity index is 5.27. The molecule has 6 amide bonds. The molecule has 8 N–H and O–H groups in total. The van der Waals surface area contributed by atoms with E-state index in [-0.39, 0.29) is 75.2 Å². The number of esters is 3. The first-order chi connectivity index (χ1) is 26.1. The monoisotopic (exact) mass is 799 g/mol. The normalized spacial score (nSPS) is 14.7. The molecule has 0 bridgehead atoms. The zero-order valence-electron chi connectivity index (χ0n) is 34.5. The molecule has 56 heavy (non-hydrogen) atoms. The van der Waals surface area contributed by atoms with E-state index in [9.17, 15) is 43.2 Å². The lowest BCUT2D eigenvalue weighted by molar-refractivity contribution is -0.150. The number of nitrogens with two attached hydrogens (primary N) is 1. The highest BCUT2D eigenvalue weighted by atomic mass is 16.5. The number of amides is 6. The molecule has 0 saturated heterocycles. The first kappa shape index (κ1) is 51.2. The van der Waals surface area contributed by atoms with E-state index < -0.39 is 90.1 Å². The van der Waals surface area contributed by atoms with Crippen molar-refractivity contribution >= 4 is 53.4 Å². The highest BCUT2D eigenvalue weighted by Gasteiger charge is 2.28. The van der Waals surface area contributed by atoms with Crippen molar-refractivity contribution in [2.24, 2.45) is 17.6 Å². The second kappa shape index (κ2) is 26.9. The van der Waals surface area contributed by atoms with Crippen LogP contribution in [0.15, 0.2) is 0 Å². The van der Waals surface area contributed by atoms with Crippen LogP contribution in [0, 0.1) is 11.8 Å². The van der Waals surface area contributed by atoms with Gasteiger partial charge >= 0.3 is 17.9 Å². The number of hydrogen-bond donors (Lipinski definition) is 7. The third-order valence-electron chi connectivity index (χ3n) is 8.56. The lowest BCUT2D eigenvalue weighted by Crippen LogP contribution is -2.48. The van der Waals surface area contributed by atoms with Crippen molar-refractivity contribution in [3.8, 4) is 0 Å². The van der Waals surface area contributed by atoms with E-state index in [1.54, 1.807) is 20.8 Å². The van der Waals surface area contributed by atoms with Crippen LogP contribution in [0.5, 0.6) is 0 Å². The van der Waals surface area contributed by atoms with Gasteiger partial charge in [0.15, 0.2) is 0 Å². The zero-order valence-corrected chi connectivity index (χ0v) is 34.5. The van der Waals surface area contributed by atoms with Gasteiger partial charge in [0.05, 0.1) is 27.8 Å². The Morgan fingerprint density at radius 1 is 0.464 bits per heavy atom. The van der Waals surface area contributed by atoms with E-state index in [1.807, 2.05) is 27.7 Å². The summed E-state index contributed by atoms with van der Waals surface area (Å²) in [7, 11) is 3.48.